The van der Waals surface area contributed by atoms with E-state index < -0.39 is 0 Å². The van der Waals surface area contributed by atoms with E-state index in [4.69, 9.17) is 19.9 Å². The fraction of sp³-hybridized carbons (Fsp3) is 0.368. The molecule has 8 heteroatoms. The number of carbonyl (C=O) groups is 1. The summed E-state index contributed by atoms with van der Waals surface area (Å²) in [6.07, 6.45) is 1.60. The molecule has 1 aliphatic rings. The molecule has 27 heavy (non-hydrogen) atoms. The second kappa shape index (κ2) is 8.70. The number of pyridine rings is 1. The lowest BCUT2D eigenvalue weighted by Crippen LogP contribution is -2.46. The topological polar surface area (TPSA) is 98.9 Å². The molecule has 3 rings (SSSR count). The zero-order valence-electron chi connectivity index (χ0n) is 15.5. The summed E-state index contributed by atoms with van der Waals surface area (Å²) in [7, 11) is 3.12. The summed E-state index contributed by atoms with van der Waals surface area (Å²) in [5.74, 6) is 1.51. The van der Waals surface area contributed by atoms with Gasteiger partial charge in [0.25, 0.3) is 5.91 Å². The molecule has 8 nitrogen and oxygen atoms in total. The summed E-state index contributed by atoms with van der Waals surface area (Å²) in [6, 6.07) is 8.71. The van der Waals surface area contributed by atoms with E-state index in [-0.39, 0.29) is 12.0 Å². The van der Waals surface area contributed by atoms with Gasteiger partial charge >= 0.3 is 0 Å². The largest absolute Gasteiger partial charge is 0.497 e. The molecule has 144 valence electrons. The molecule has 1 aliphatic heterocycles. The van der Waals surface area contributed by atoms with Crippen molar-refractivity contribution in [1.82, 2.24) is 4.98 Å². The zero-order valence-corrected chi connectivity index (χ0v) is 15.5. The number of nitrogens with one attached hydrogen (secondary N) is 1. The number of morpholine rings is 1. The monoisotopic (exact) mass is 372 g/mol. The Bertz CT molecular complexity index is 799. The number of ether oxygens (including phenoxy) is 3. The maximum atomic E-state index is 12.9. The van der Waals surface area contributed by atoms with Gasteiger partial charge in [-0.3, -0.25) is 4.79 Å². The van der Waals surface area contributed by atoms with Gasteiger partial charge in [-0.15, -0.1) is 0 Å². The molecular weight excluding hydrogens is 348 g/mol. The highest BCUT2D eigenvalue weighted by Gasteiger charge is 2.24. The van der Waals surface area contributed by atoms with Crippen molar-refractivity contribution in [3.8, 4) is 11.5 Å². The fourth-order valence-electron chi connectivity index (χ4n) is 2.97. The summed E-state index contributed by atoms with van der Waals surface area (Å²) >= 11 is 0. The quantitative estimate of drug-likeness (QED) is 0.793. The van der Waals surface area contributed by atoms with Gasteiger partial charge in [-0.2, -0.15) is 0 Å². The van der Waals surface area contributed by atoms with E-state index in [9.17, 15) is 4.79 Å². The molecule has 1 aromatic heterocycles. The number of benzene rings is 1. The van der Waals surface area contributed by atoms with Crippen LogP contribution in [0.1, 0.15) is 10.4 Å². The van der Waals surface area contributed by atoms with Crippen LogP contribution >= 0.6 is 0 Å². The van der Waals surface area contributed by atoms with Gasteiger partial charge < -0.3 is 30.2 Å². The van der Waals surface area contributed by atoms with E-state index >= 15 is 0 Å². The summed E-state index contributed by atoms with van der Waals surface area (Å²) < 4.78 is 16.1. The van der Waals surface area contributed by atoms with E-state index in [0.29, 0.717) is 54.8 Å². The number of nitrogens with zero attached hydrogens (tertiary/aromatic N) is 2. The van der Waals surface area contributed by atoms with Gasteiger partial charge in [0.1, 0.15) is 17.3 Å². The Labute approximate surface area is 158 Å². The summed E-state index contributed by atoms with van der Waals surface area (Å²) in [5.41, 5.74) is 6.76. The van der Waals surface area contributed by atoms with Crippen LogP contribution in [-0.4, -0.2) is 57.5 Å². The molecular formula is C19H24N4O4. The van der Waals surface area contributed by atoms with E-state index in [2.05, 4.69) is 10.3 Å². The standard InChI is InChI=1S/C19H24N4O4/c1-25-13-5-6-16(17(10-13)26-2)22-19(24)15-4-3-7-21-18(15)23-8-9-27-14(11-20)12-23/h3-7,10,14H,8-9,11-12,20H2,1-2H3,(H,22,24)/t14-/m0/s1. The SMILES string of the molecule is COc1ccc(NC(=O)c2cccnc2N2CCO[C@@H](CN)C2)c(OC)c1. The lowest BCUT2D eigenvalue weighted by Gasteiger charge is -2.34. The Balaban J connectivity index is 1.84. The molecule has 1 amide bonds. The maximum Gasteiger partial charge on any atom is 0.259 e. The molecule has 2 aromatic rings. The zero-order chi connectivity index (χ0) is 19.2. The van der Waals surface area contributed by atoms with Crippen molar-refractivity contribution in [1.29, 1.82) is 0 Å². The minimum atomic E-state index is -0.266. The molecule has 1 saturated heterocycles. The smallest absolute Gasteiger partial charge is 0.259 e. The first-order chi connectivity index (χ1) is 13.2. The minimum absolute atomic E-state index is 0.0710. The number of anilines is 2. The third-order valence-electron chi connectivity index (χ3n) is 4.39. The molecule has 0 aliphatic carbocycles. The van der Waals surface area contributed by atoms with Crippen LogP contribution in [0.25, 0.3) is 0 Å². The minimum Gasteiger partial charge on any atom is -0.497 e. The molecule has 1 atom stereocenters. The number of hydrogen-bond donors (Lipinski definition) is 2. The van der Waals surface area contributed by atoms with Crippen LogP contribution in [0, 0.1) is 0 Å². The molecule has 0 unspecified atom stereocenters. The summed E-state index contributed by atoms with van der Waals surface area (Å²) in [4.78, 5) is 19.4. The average Bonchev–Trinajstić information content (AvgIpc) is 2.74. The van der Waals surface area contributed by atoms with Gasteiger partial charge in [0.15, 0.2) is 0 Å². The first-order valence-electron chi connectivity index (χ1n) is 8.71. The van der Waals surface area contributed by atoms with Crippen LogP contribution in [0.15, 0.2) is 36.5 Å². The highest BCUT2D eigenvalue weighted by atomic mass is 16.5. The molecule has 2 heterocycles. The van der Waals surface area contributed by atoms with Crippen molar-refractivity contribution in [2.24, 2.45) is 5.73 Å². The lowest BCUT2D eigenvalue weighted by atomic mass is 10.2. The molecule has 0 radical (unpaired) electrons. The first kappa shape index (κ1) is 18.9. The van der Waals surface area contributed by atoms with Crippen molar-refractivity contribution in [2.75, 3.05) is 50.7 Å². The fourth-order valence-corrected chi connectivity index (χ4v) is 2.97. The van der Waals surface area contributed by atoms with Gasteiger partial charge in [-0.05, 0) is 24.3 Å². The molecule has 1 aromatic carbocycles. The predicted molar refractivity (Wildman–Crippen MR) is 103 cm³/mol. The van der Waals surface area contributed by atoms with E-state index in [1.165, 1.54) is 0 Å². The predicted octanol–water partition coefficient (Wildman–Crippen LogP) is 1.51. The van der Waals surface area contributed by atoms with Gasteiger partial charge in [0.05, 0.1) is 38.2 Å². The van der Waals surface area contributed by atoms with Crippen molar-refractivity contribution in [3.63, 3.8) is 0 Å². The van der Waals surface area contributed by atoms with E-state index in [0.717, 1.165) is 0 Å². The number of rotatable bonds is 6. The van der Waals surface area contributed by atoms with E-state index in [1.807, 2.05) is 4.90 Å². The van der Waals surface area contributed by atoms with Crippen molar-refractivity contribution < 1.29 is 19.0 Å². The summed E-state index contributed by atoms with van der Waals surface area (Å²) in [6.45, 7) is 2.22. The highest BCUT2D eigenvalue weighted by Crippen LogP contribution is 2.30. The van der Waals surface area contributed by atoms with E-state index in [1.54, 1.807) is 50.7 Å². The second-order valence-corrected chi connectivity index (χ2v) is 6.07. The van der Waals surface area contributed by atoms with Crippen LogP contribution in [0.4, 0.5) is 11.5 Å². The number of carbonyl (C=O) groups excluding carboxylic acids is 1. The lowest BCUT2D eigenvalue weighted by molar-refractivity contribution is 0.0462. The number of methoxy groups -OCH3 is 2. The third kappa shape index (κ3) is 4.29. The van der Waals surface area contributed by atoms with Crippen LogP contribution in [0.2, 0.25) is 0 Å². The van der Waals surface area contributed by atoms with Gasteiger partial charge in [0.2, 0.25) is 0 Å². The van der Waals surface area contributed by atoms with Crippen molar-refractivity contribution in [3.05, 3.63) is 42.1 Å². The van der Waals surface area contributed by atoms with Gasteiger partial charge in [-0.25, -0.2) is 4.98 Å². The maximum absolute atomic E-state index is 12.9. The number of aromatic nitrogens is 1. The number of hydrogen-bond acceptors (Lipinski definition) is 7. The van der Waals surface area contributed by atoms with Crippen molar-refractivity contribution >= 4 is 17.4 Å². The number of nitrogens with two attached hydrogens (primary N) is 1. The molecule has 3 N–H and O–H groups in total. The Morgan fingerprint density at radius 1 is 1.37 bits per heavy atom. The number of amides is 1. The third-order valence-corrected chi connectivity index (χ3v) is 4.39. The van der Waals surface area contributed by atoms with Crippen LogP contribution < -0.4 is 25.4 Å². The Kier molecular flexibility index (Phi) is 6.10. The molecule has 0 bridgehead atoms. The average molecular weight is 372 g/mol. The second-order valence-electron chi connectivity index (χ2n) is 6.07. The Hall–Kier alpha value is -2.84. The van der Waals surface area contributed by atoms with Gasteiger partial charge in [0, 0.05) is 31.9 Å². The molecule has 0 saturated carbocycles. The first-order valence-corrected chi connectivity index (χ1v) is 8.71. The normalized spacial score (nSPS) is 16.7. The van der Waals surface area contributed by atoms with Crippen LogP contribution in [-0.2, 0) is 4.74 Å². The summed E-state index contributed by atoms with van der Waals surface area (Å²) in [5, 5.41) is 2.89. The Morgan fingerprint density at radius 3 is 2.96 bits per heavy atom. The van der Waals surface area contributed by atoms with Crippen LogP contribution in [0.3, 0.4) is 0 Å². The molecule has 0 spiro atoms. The highest BCUT2D eigenvalue weighted by molar-refractivity contribution is 6.08. The molecule has 1 fully saturated rings. The van der Waals surface area contributed by atoms with Crippen molar-refractivity contribution in [2.45, 2.75) is 6.10 Å². The van der Waals surface area contributed by atoms with Gasteiger partial charge in [-0.1, -0.05) is 0 Å². The Morgan fingerprint density at radius 2 is 2.22 bits per heavy atom. The van der Waals surface area contributed by atoms with Crippen LogP contribution in [0.5, 0.6) is 11.5 Å².